The minimum Gasteiger partial charge on any atom is -0.342 e. The van der Waals surface area contributed by atoms with Gasteiger partial charge in [0.05, 0.1) is 0 Å². The second-order valence-electron chi connectivity index (χ2n) is 6.05. The molecular weight excluding hydrogens is 250 g/mol. The highest BCUT2D eigenvalue weighted by molar-refractivity contribution is 5.78. The number of carbonyl (C=O) groups excluding carboxylic acids is 1. The molecule has 1 aromatic rings. The number of nitrogens with one attached hydrogen (secondary N) is 1. The van der Waals surface area contributed by atoms with Gasteiger partial charge >= 0.3 is 0 Å². The lowest BCUT2D eigenvalue weighted by atomic mass is 9.93. The molecule has 0 spiro atoms. The molecule has 1 aromatic heterocycles. The van der Waals surface area contributed by atoms with Gasteiger partial charge in [0.1, 0.15) is 0 Å². The zero-order valence-electron chi connectivity index (χ0n) is 12.7. The molecule has 0 saturated carbocycles. The van der Waals surface area contributed by atoms with Crippen molar-refractivity contribution in [2.24, 2.45) is 11.8 Å². The smallest absolute Gasteiger partial charge is 0.225 e. The normalized spacial score (nSPS) is 23.1. The standard InChI is InChI=1S/C16H25N3O/c1-12(2)16(20)19-8-6-15(13(3)11-19)18-10-14-5-4-7-17-9-14/h4-5,7,9,12-13,15,18H,6,8,10-11H2,1-3H3/t13-,15-/m1/s1. The Morgan fingerprint density at radius 3 is 2.95 bits per heavy atom. The molecule has 1 amide bonds. The van der Waals surface area contributed by atoms with E-state index in [0.717, 1.165) is 26.1 Å². The summed E-state index contributed by atoms with van der Waals surface area (Å²) in [5.41, 5.74) is 1.21. The van der Waals surface area contributed by atoms with Crippen LogP contribution < -0.4 is 5.32 Å². The molecule has 0 aromatic carbocycles. The SMILES string of the molecule is CC(C)C(=O)N1CC[C@@H](NCc2cccnc2)[C@H](C)C1. The van der Waals surface area contributed by atoms with Gasteiger partial charge in [0.25, 0.3) is 0 Å². The van der Waals surface area contributed by atoms with E-state index in [0.29, 0.717) is 12.0 Å². The summed E-state index contributed by atoms with van der Waals surface area (Å²) in [5.74, 6) is 0.868. The van der Waals surface area contributed by atoms with E-state index < -0.39 is 0 Å². The maximum atomic E-state index is 12.0. The molecule has 1 fully saturated rings. The second kappa shape index (κ2) is 6.84. The van der Waals surface area contributed by atoms with Crippen molar-refractivity contribution < 1.29 is 4.79 Å². The molecule has 1 aliphatic heterocycles. The molecule has 1 aliphatic rings. The van der Waals surface area contributed by atoms with E-state index in [1.165, 1.54) is 5.56 Å². The average Bonchev–Trinajstić information content (AvgIpc) is 2.46. The van der Waals surface area contributed by atoms with E-state index in [4.69, 9.17) is 0 Å². The van der Waals surface area contributed by atoms with Crippen LogP contribution in [0.25, 0.3) is 0 Å². The Morgan fingerprint density at radius 1 is 1.55 bits per heavy atom. The van der Waals surface area contributed by atoms with Crippen molar-refractivity contribution in [1.82, 2.24) is 15.2 Å². The van der Waals surface area contributed by atoms with Crippen LogP contribution in [0.2, 0.25) is 0 Å². The van der Waals surface area contributed by atoms with Crippen LogP contribution in [0.4, 0.5) is 0 Å². The Bertz CT molecular complexity index is 433. The molecule has 1 saturated heterocycles. The Balaban J connectivity index is 1.83. The van der Waals surface area contributed by atoms with Crippen LogP contribution in [0, 0.1) is 11.8 Å². The van der Waals surface area contributed by atoms with Crippen molar-refractivity contribution in [2.75, 3.05) is 13.1 Å². The van der Waals surface area contributed by atoms with Crippen molar-refractivity contribution in [3.05, 3.63) is 30.1 Å². The molecule has 1 N–H and O–H groups in total. The average molecular weight is 275 g/mol. The molecule has 2 heterocycles. The molecular formula is C16H25N3O. The van der Waals surface area contributed by atoms with Gasteiger partial charge in [0.2, 0.25) is 5.91 Å². The fourth-order valence-corrected chi connectivity index (χ4v) is 2.77. The van der Waals surface area contributed by atoms with E-state index in [2.05, 4.69) is 23.3 Å². The lowest BCUT2D eigenvalue weighted by Crippen LogP contribution is -2.50. The van der Waals surface area contributed by atoms with Gasteiger partial charge in [-0.3, -0.25) is 9.78 Å². The number of piperidine rings is 1. The number of aromatic nitrogens is 1. The first-order valence-corrected chi connectivity index (χ1v) is 7.49. The minimum atomic E-state index is 0.0992. The predicted octanol–water partition coefficient (Wildman–Crippen LogP) is 2.06. The fourth-order valence-electron chi connectivity index (χ4n) is 2.77. The zero-order chi connectivity index (χ0) is 14.5. The molecule has 0 bridgehead atoms. The zero-order valence-corrected chi connectivity index (χ0v) is 12.7. The van der Waals surface area contributed by atoms with Crippen molar-refractivity contribution in [3.63, 3.8) is 0 Å². The van der Waals surface area contributed by atoms with Crippen LogP contribution in [0.1, 0.15) is 32.8 Å². The summed E-state index contributed by atoms with van der Waals surface area (Å²) in [6.07, 6.45) is 4.72. The van der Waals surface area contributed by atoms with Crippen molar-refractivity contribution in [3.8, 4) is 0 Å². The second-order valence-corrected chi connectivity index (χ2v) is 6.05. The summed E-state index contributed by atoms with van der Waals surface area (Å²) in [6, 6.07) is 4.53. The van der Waals surface area contributed by atoms with Gasteiger partial charge in [-0.1, -0.05) is 26.8 Å². The lowest BCUT2D eigenvalue weighted by Gasteiger charge is -2.38. The molecule has 110 valence electrons. The Kier molecular flexibility index (Phi) is 5.12. The highest BCUT2D eigenvalue weighted by Gasteiger charge is 2.29. The topological polar surface area (TPSA) is 45.2 Å². The van der Waals surface area contributed by atoms with E-state index >= 15 is 0 Å². The summed E-state index contributed by atoms with van der Waals surface area (Å²) in [7, 11) is 0. The van der Waals surface area contributed by atoms with E-state index in [1.54, 1.807) is 6.20 Å². The maximum Gasteiger partial charge on any atom is 0.225 e. The van der Waals surface area contributed by atoms with E-state index in [1.807, 2.05) is 31.0 Å². The summed E-state index contributed by atoms with van der Waals surface area (Å²) in [4.78, 5) is 18.2. The third-order valence-corrected chi connectivity index (χ3v) is 4.00. The number of hydrogen-bond acceptors (Lipinski definition) is 3. The number of likely N-dealkylation sites (tertiary alicyclic amines) is 1. The molecule has 2 atom stereocenters. The van der Waals surface area contributed by atoms with Gasteiger partial charge in [-0.15, -0.1) is 0 Å². The van der Waals surface area contributed by atoms with Crippen LogP contribution in [0.15, 0.2) is 24.5 Å². The first-order chi connectivity index (χ1) is 9.58. The predicted molar refractivity (Wildman–Crippen MR) is 80.1 cm³/mol. The molecule has 4 nitrogen and oxygen atoms in total. The Morgan fingerprint density at radius 2 is 2.35 bits per heavy atom. The van der Waals surface area contributed by atoms with Crippen LogP contribution in [0.5, 0.6) is 0 Å². The van der Waals surface area contributed by atoms with Gasteiger partial charge in [0, 0.05) is 44.0 Å². The van der Waals surface area contributed by atoms with Gasteiger partial charge in [-0.25, -0.2) is 0 Å². The van der Waals surface area contributed by atoms with Gasteiger partial charge < -0.3 is 10.2 Å². The summed E-state index contributed by atoms with van der Waals surface area (Å²) < 4.78 is 0. The van der Waals surface area contributed by atoms with Gasteiger partial charge in [0.15, 0.2) is 0 Å². The lowest BCUT2D eigenvalue weighted by molar-refractivity contribution is -0.136. The monoisotopic (exact) mass is 275 g/mol. The number of nitrogens with zero attached hydrogens (tertiary/aromatic N) is 2. The van der Waals surface area contributed by atoms with Crippen LogP contribution in [-0.4, -0.2) is 34.9 Å². The Labute approximate surface area is 121 Å². The van der Waals surface area contributed by atoms with Crippen LogP contribution >= 0.6 is 0 Å². The molecule has 0 aliphatic carbocycles. The molecule has 0 radical (unpaired) electrons. The van der Waals surface area contributed by atoms with Crippen molar-refractivity contribution in [2.45, 2.75) is 39.8 Å². The molecule has 20 heavy (non-hydrogen) atoms. The molecule has 4 heteroatoms. The highest BCUT2D eigenvalue weighted by Crippen LogP contribution is 2.19. The quantitative estimate of drug-likeness (QED) is 0.915. The molecule has 2 rings (SSSR count). The summed E-state index contributed by atoms with van der Waals surface area (Å²) in [5, 5.41) is 3.60. The fraction of sp³-hybridized carbons (Fsp3) is 0.625. The third-order valence-electron chi connectivity index (χ3n) is 4.00. The van der Waals surface area contributed by atoms with Gasteiger partial charge in [-0.2, -0.15) is 0 Å². The van der Waals surface area contributed by atoms with Crippen LogP contribution in [-0.2, 0) is 11.3 Å². The number of pyridine rings is 1. The maximum absolute atomic E-state index is 12.0. The third kappa shape index (κ3) is 3.79. The number of rotatable bonds is 4. The Hall–Kier alpha value is -1.42. The first kappa shape index (κ1) is 15.0. The van der Waals surface area contributed by atoms with Gasteiger partial charge in [-0.05, 0) is 24.0 Å². The number of hydrogen-bond donors (Lipinski definition) is 1. The highest BCUT2D eigenvalue weighted by atomic mass is 16.2. The molecule has 0 unspecified atom stereocenters. The largest absolute Gasteiger partial charge is 0.342 e. The first-order valence-electron chi connectivity index (χ1n) is 7.49. The number of amides is 1. The van der Waals surface area contributed by atoms with Crippen molar-refractivity contribution in [1.29, 1.82) is 0 Å². The minimum absolute atomic E-state index is 0.0992. The van der Waals surface area contributed by atoms with Crippen molar-refractivity contribution >= 4 is 5.91 Å². The number of carbonyl (C=O) groups is 1. The van der Waals surface area contributed by atoms with Crippen LogP contribution in [0.3, 0.4) is 0 Å². The van der Waals surface area contributed by atoms with E-state index in [9.17, 15) is 4.79 Å². The summed E-state index contributed by atoms with van der Waals surface area (Å²) in [6.45, 7) is 8.74. The summed E-state index contributed by atoms with van der Waals surface area (Å²) >= 11 is 0. The van der Waals surface area contributed by atoms with E-state index in [-0.39, 0.29) is 11.8 Å².